The maximum atomic E-state index is 10.0. The number of guanidine groups is 1. The predicted octanol–water partition coefficient (Wildman–Crippen LogP) is 2.39. The van der Waals surface area contributed by atoms with Crippen LogP contribution in [0.25, 0.3) is 0 Å². The van der Waals surface area contributed by atoms with Crippen LogP contribution in [0, 0.1) is 5.92 Å². The van der Waals surface area contributed by atoms with E-state index in [4.69, 9.17) is 14.5 Å². The summed E-state index contributed by atoms with van der Waals surface area (Å²) in [5.74, 6) is 2.80. The van der Waals surface area contributed by atoms with Gasteiger partial charge in [-0.15, -0.1) is 0 Å². The average Bonchev–Trinajstić information content (AvgIpc) is 3.17. The Bertz CT molecular complexity index is 652. The molecule has 0 spiro atoms. The van der Waals surface area contributed by atoms with Crippen molar-refractivity contribution in [3.8, 4) is 11.5 Å². The summed E-state index contributed by atoms with van der Waals surface area (Å²) in [6, 6.07) is 6.42. The van der Waals surface area contributed by atoms with E-state index in [1.165, 1.54) is 0 Å². The van der Waals surface area contributed by atoms with Crippen molar-refractivity contribution in [1.29, 1.82) is 0 Å². The zero-order valence-corrected chi connectivity index (χ0v) is 18.0. The molecule has 2 aliphatic rings. The van der Waals surface area contributed by atoms with Gasteiger partial charge in [-0.2, -0.15) is 0 Å². The van der Waals surface area contributed by atoms with Crippen LogP contribution in [0.3, 0.4) is 0 Å². The van der Waals surface area contributed by atoms with Gasteiger partial charge in [-0.25, -0.2) is 0 Å². The summed E-state index contributed by atoms with van der Waals surface area (Å²) in [5.41, 5.74) is 1.13. The Morgan fingerprint density at radius 3 is 2.34 bits per heavy atom. The van der Waals surface area contributed by atoms with E-state index in [0.29, 0.717) is 18.5 Å². The van der Waals surface area contributed by atoms with Crippen molar-refractivity contribution < 1.29 is 14.6 Å². The standard InChI is InChI=1S/C22H36N4O3/c1-4-23-22(24-15-16-6-5-7-21(16)27)25-17-8-10-26(11-9-17)18-12-19(28-2)14-20(13-18)29-3/h12-14,16-17,21,27H,4-11,15H2,1-3H3,(H2,23,24,25). The van der Waals surface area contributed by atoms with Crippen LogP contribution in [-0.2, 0) is 0 Å². The van der Waals surface area contributed by atoms with Crippen LogP contribution in [0.5, 0.6) is 11.5 Å². The molecular formula is C22H36N4O3. The lowest BCUT2D eigenvalue weighted by Gasteiger charge is -2.35. The molecule has 1 saturated carbocycles. The summed E-state index contributed by atoms with van der Waals surface area (Å²) in [6.07, 6.45) is 4.99. The molecular weight excluding hydrogens is 368 g/mol. The molecule has 3 rings (SSSR count). The van der Waals surface area contributed by atoms with Gasteiger partial charge in [0, 0.05) is 62.0 Å². The highest BCUT2D eigenvalue weighted by atomic mass is 16.5. The summed E-state index contributed by atoms with van der Waals surface area (Å²) in [5, 5.41) is 17.0. The fraction of sp³-hybridized carbons (Fsp3) is 0.682. The van der Waals surface area contributed by atoms with Crippen LogP contribution < -0.4 is 25.0 Å². The van der Waals surface area contributed by atoms with E-state index >= 15 is 0 Å². The van der Waals surface area contributed by atoms with Crippen LogP contribution in [0.4, 0.5) is 5.69 Å². The van der Waals surface area contributed by atoms with Crippen molar-refractivity contribution in [3.63, 3.8) is 0 Å². The Hall–Kier alpha value is -2.15. The molecule has 0 radical (unpaired) electrons. The molecule has 1 aromatic carbocycles. The van der Waals surface area contributed by atoms with Crippen LogP contribution in [-0.4, -0.2) is 63.6 Å². The number of ether oxygens (including phenoxy) is 2. The molecule has 0 bridgehead atoms. The number of methoxy groups -OCH3 is 2. The monoisotopic (exact) mass is 404 g/mol. The number of nitrogens with one attached hydrogen (secondary N) is 2. The van der Waals surface area contributed by atoms with Crippen molar-refractivity contribution in [2.45, 2.75) is 51.2 Å². The Balaban J connectivity index is 1.55. The van der Waals surface area contributed by atoms with E-state index < -0.39 is 0 Å². The third-order valence-corrected chi connectivity index (χ3v) is 5.98. The molecule has 1 aliphatic heterocycles. The van der Waals surface area contributed by atoms with Gasteiger partial charge in [0.05, 0.1) is 20.3 Å². The van der Waals surface area contributed by atoms with Crippen LogP contribution in [0.1, 0.15) is 39.0 Å². The number of nitrogens with zero attached hydrogens (tertiary/aromatic N) is 2. The molecule has 1 heterocycles. The zero-order chi connectivity index (χ0) is 20.6. The maximum absolute atomic E-state index is 10.0. The number of aliphatic hydroxyl groups excluding tert-OH is 1. The first-order valence-corrected chi connectivity index (χ1v) is 10.8. The average molecular weight is 405 g/mol. The number of hydrogen-bond acceptors (Lipinski definition) is 5. The van der Waals surface area contributed by atoms with Crippen molar-refractivity contribution in [2.24, 2.45) is 10.9 Å². The minimum Gasteiger partial charge on any atom is -0.497 e. The summed E-state index contributed by atoms with van der Waals surface area (Å²) in [7, 11) is 3.36. The SMILES string of the molecule is CCNC(=NCC1CCCC1O)NC1CCN(c2cc(OC)cc(OC)c2)CC1. The van der Waals surface area contributed by atoms with E-state index in [9.17, 15) is 5.11 Å². The molecule has 29 heavy (non-hydrogen) atoms. The lowest BCUT2D eigenvalue weighted by Crippen LogP contribution is -2.49. The summed E-state index contributed by atoms with van der Waals surface area (Å²) in [6.45, 7) is 5.55. The van der Waals surface area contributed by atoms with Crippen molar-refractivity contribution >= 4 is 11.6 Å². The molecule has 2 fully saturated rings. The van der Waals surface area contributed by atoms with E-state index in [2.05, 4.69) is 34.6 Å². The molecule has 2 atom stereocenters. The van der Waals surface area contributed by atoms with Crippen molar-refractivity contribution in [3.05, 3.63) is 18.2 Å². The van der Waals surface area contributed by atoms with Crippen LogP contribution >= 0.6 is 0 Å². The molecule has 2 unspecified atom stereocenters. The van der Waals surface area contributed by atoms with Gasteiger partial charge in [0.2, 0.25) is 0 Å². The minimum atomic E-state index is -0.190. The number of piperidine rings is 1. The summed E-state index contributed by atoms with van der Waals surface area (Å²) >= 11 is 0. The van der Waals surface area contributed by atoms with Gasteiger partial charge >= 0.3 is 0 Å². The second-order valence-electron chi connectivity index (χ2n) is 7.95. The molecule has 0 aromatic heterocycles. The first-order valence-electron chi connectivity index (χ1n) is 10.8. The zero-order valence-electron chi connectivity index (χ0n) is 18.0. The molecule has 0 amide bonds. The van der Waals surface area contributed by atoms with Gasteiger partial charge in [0.25, 0.3) is 0 Å². The molecule has 7 heteroatoms. The maximum Gasteiger partial charge on any atom is 0.191 e. The number of rotatable bonds is 7. The van der Waals surface area contributed by atoms with Gasteiger partial charge in [0.15, 0.2) is 5.96 Å². The van der Waals surface area contributed by atoms with Gasteiger partial charge in [-0.3, -0.25) is 4.99 Å². The molecule has 3 N–H and O–H groups in total. The third-order valence-electron chi connectivity index (χ3n) is 5.98. The minimum absolute atomic E-state index is 0.190. The summed E-state index contributed by atoms with van der Waals surface area (Å²) < 4.78 is 10.8. The van der Waals surface area contributed by atoms with Crippen molar-refractivity contribution in [2.75, 3.05) is 45.3 Å². The fourth-order valence-electron chi connectivity index (χ4n) is 4.21. The Kier molecular flexibility index (Phi) is 7.86. The fourth-order valence-corrected chi connectivity index (χ4v) is 4.21. The smallest absolute Gasteiger partial charge is 0.191 e. The predicted molar refractivity (Wildman–Crippen MR) is 117 cm³/mol. The molecule has 1 aliphatic carbocycles. The van der Waals surface area contributed by atoms with Crippen LogP contribution in [0.2, 0.25) is 0 Å². The van der Waals surface area contributed by atoms with Gasteiger partial charge in [0.1, 0.15) is 11.5 Å². The number of aliphatic imine (C=N–C) groups is 1. The Labute approximate surface area is 174 Å². The van der Waals surface area contributed by atoms with E-state index in [1.807, 2.05) is 6.07 Å². The highest BCUT2D eigenvalue weighted by Crippen LogP contribution is 2.30. The highest BCUT2D eigenvalue weighted by molar-refractivity contribution is 5.80. The lowest BCUT2D eigenvalue weighted by molar-refractivity contribution is 0.136. The summed E-state index contributed by atoms with van der Waals surface area (Å²) in [4.78, 5) is 7.13. The second kappa shape index (κ2) is 10.6. The topological polar surface area (TPSA) is 78.4 Å². The van der Waals surface area contributed by atoms with Gasteiger partial charge in [-0.1, -0.05) is 6.42 Å². The first kappa shape index (κ1) is 21.6. The normalized spacial score (nSPS) is 23.2. The van der Waals surface area contributed by atoms with Crippen LogP contribution in [0.15, 0.2) is 23.2 Å². The van der Waals surface area contributed by atoms with Gasteiger partial charge in [-0.05, 0) is 32.6 Å². The van der Waals surface area contributed by atoms with E-state index in [-0.39, 0.29) is 6.10 Å². The highest BCUT2D eigenvalue weighted by Gasteiger charge is 2.25. The lowest BCUT2D eigenvalue weighted by atomic mass is 10.0. The molecule has 7 nitrogen and oxygen atoms in total. The Morgan fingerprint density at radius 2 is 1.79 bits per heavy atom. The molecule has 1 aromatic rings. The third kappa shape index (κ3) is 5.92. The largest absolute Gasteiger partial charge is 0.497 e. The van der Waals surface area contributed by atoms with E-state index in [0.717, 1.165) is 74.9 Å². The second-order valence-corrected chi connectivity index (χ2v) is 7.95. The van der Waals surface area contributed by atoms with Gasteiger partial charge < -0.3 is 30.1 Å². The number of aliphatic hydroxyl groups is 1. The molecule has 162 valence electrons. The number of anilines is 1. The first-order chi connectivity index (χ1) is 14.1. The van der Waals surface area contributed by atoms with Crippen molar-refractivity contribution in [1.82, 2.24) is 10.6 Å². The molecule has 1 saturated heterocycles. The quantitative estimate of drug-likeness (QED) is 0.478. The number of hydrogen-bond donors (Lipinski definition) is 3. The van der Waals surface area contributed by atoms with E-state index in [1.54, 1.807) is 14.2 Å². The number of benzene rings is 1. The Morgan fingerprint density at radius 1 is 1.10 bits per heavy atom.